The van der Waals surface area contributed by atoms with Crippen LogP contribution in [0.15, 0.2) is 76.9 Å². The lowest BCUT2D eigenvalue weighted by atomic mass is 10.2. The molecule has 12 nitrogen and oxygen atoms in total. The number of hydrogen-bond donors (Lipinski definition) is 5. The molecule has 0 spiro atoms. The molecule has 1 heterocycles. The van der Waals surface area contributed by atoms with Crippen LogP contribution in [-0.2, 0) is 0 Å². The van der Waals surface area contributed by atoms with Crippen LogP contribution in [0.4, 0.5) is 23.3 Å². The first-order chi connectivity index (χ1) is 19.0. The van der Waals surface area contributed by atoms with Crippen molar-refractivity contribution in [3.05, 3.63) is 77.9 Å². The second-order valence-corrected chi connectivity index (χ2v) is 7.88. The molecule has 0 atom stereocenters. The van der Waals surface area contributed by atoms with E-state index in [0.29, 0.717) is 45.7 Å². The van der Waals surface area contributed by atoms with Crippen molar-refractivity contribution in [3.63, 3.8) is 0 Å². The highest BCUT2D eigenvalue weighted by molar-refractivity contribution is 5.85. The molecule has 0 fully saturated rings. The van der Waals surface area contributed by atoms with Crippen molar-refractivity contribution < 1.29 is 24.4 Å². The summed E-state index contributed by atoms with van der Waals surface area (Å²) in [5.74, 6) is 2.68. The minimum Gasteiger partial charge on any atom is -0.508 e. The van der Waals surface area contributed by atoms with Crippen molar-refractivity contribution in [1.82, 2.24) is 9.97 Å². The second-order valence-electron chi connectivity index (χ2n) is 7.88. The molecule has 4 rings (SSSR count). The molecule has 0 saturated heterocycles. The molecule has 5 N–H and O–H groups in total. The van der Waals surface area contributed by atoms with Gasteiger partial charge in [-0.2, -0.15) is 20.2 Å². The van der Waals surface area contributed by atoms with E-state index in [1.807, 2.05) is 24.3 Å². The number of nitrogens with zero attached hydrogens (tertiary/aromatic N) is 4. The van der Waals surface area contributed by atoms with Gasteiger partial charge in [0.05, 0.1) is 39.4 Å². The van der Waals surface area contributed by atoms with Gasteiger partial charge in [-0.05, 0) is 36.4 Å². The Morgan fingerprint density at radius 2 is 1.23 bits per heavy atom. The van der Waals surface area contributed by atoms with E-state index in [9.17, 15) is 10.2 Å². The third kappa shape index (κ3) is 7.04. The first-order valence-electron chi connectivity index (χ1n) is 11.6. The zero-order valence-electron chi connectivity index (χ0n) is 21.4. The van der Waals surface area contributed by atoms with Gasteiger partial charge < -0.3 is 29.7 Å². The van der Waals surface area contributed by atoms with Crippen molar-refractivity contribution in [1.29, 1.82) is 0 Å². The smallest absolute Gasteiger partial charge is 0.247 e. The molecule has 0 bridgehead atoms. The second kappa shape index (κ2) is 12.6. The maximum Gasteiger partial charge on any atom is 0.247 e. The summed E-state index contributed by atoms with van der Waals surface area (Å²) < 4.78 is 16.0. The maximum absolute atomic E-state index is 9.67. The normalized spacial score (nSPS) is 10.9. The lowest BCUT2D eigenvalue weighted by Crippen LogP contribution is -2.05. The number of anilines is 4. The van der Waals surface area contributed by atoms with E-state index in [0.717, 1.165) is 0 Å². The number of benzene rings is 3. The third-order valence-electron chi connectivity index (χ3n) is 5.28. The number of hydrazone groups is 2. The Bertz CT molecular complexity index is 1410. The molecule has 3 aromatic carbocycles. The van der Waals surface area contributed by atoms with E-state index < -0.39 is 0 Å². The summed E-state index contributed by atoms with van der Waals surface area (Å²) in [7, 11) is 4.59. The number of para-hydroxylation sites is 2. The molecule has 0 unspecified atom stereocenters. The number of phenols is 2. The predicted molar refractivity (Wildman–Crippen MR) is 150 cm³/mol. The fraction of sp³-hybridized carbons (Fsp3) is 0.111. The summed E-state index contributed by atoms with van der Waals surface area (Å²) in [6, 6.07) is 18.5. The summed E-state index contributed by atoms with van der Waals surface area (Å²) in [6.45, 7) is 0. The molecule has 4 aromatic rings. The molecule has 0 radical (unpaired) electrons. The molecule has 0 aliphatic rings. The Morgan fingerprint density at radius 3 is 1.85 bits per heavy atom. The van der Waals surface area contributed by atoms with Crippen molar-refractivity contribution in [2.24, 2.45) is 10.2 Å². The van der Waals surface area contributed by atoms with Crippen molar-refractivity contribution in [2.45, 2.75) is 0 Å². The van der Waals surface area contributed by atoms with Crippen LogP contribution < -0.4 is 30.4 Å². The highest BCUT2D eigenvalue weighted by Crippen LogP contribution is 2.28. The SMILES string of the molecule is COc1cc(O)ccc1C=NNc1cc(Nc2ccccc2OC)nc(NN=Cc2ccc(O)cc2OC)n1. The number of aromatic hydroxyl groups is 2. The molecular weight excluding hydrogens is 502 g/mol. The van der Waals surface area contributed by atoms with Gasteiger partial charge in [0.1, 0.15) is 34.6 Å². The Hall–Kier alpha value is -5.52. The summed E-state index contributed by atoms with van der Waals surface area (Å²) >= 11 is 0. The zero-order chi connectivity index (χ0) is 27.6. The van der Waals surface area contributed by atoms with E-state index in [-0.39, 0.29) is 17.4 Å². The van der Waals surface area contributed by atoms with E-state index in [1.54, 1.807) is 25.3 Å². The van der Waals surface area contributed by atoms with Gasteiger partial charge in [-0.15, -0.1) is 0 Å². The fourth-order valence-electron chi connectivity index (χ4n) is 3.44. The van der Waals surface area contributed by atoms with Crippen LogP contribution in [0.1, 0.15) is 11.1 Å². The van der Waals surface area contributed by atoms with Gasteiger partial charge in [0.2, 0.25) is 5.95 Å². The van der Waals surface area contributed by atoms with Crippen LogP contribution in [-0.4, -0.2) is 53.9 Å². The van der Waals surface area contributed by atoms with Crippen LogP contribution >= 0.6 is 0 Å². The number of methoxy groups -OCH3 is 3. The summed E-state index contributed by atoms with van der Waals surface area (Å²) in [5.41, 5.74) is 7.66. The first kappa shape index (κ1) is 26.5. The number of hydrogen-bond acceptors (Lipinski definition) is 12. The summed E-state index contributed by atoms with van der Waals surface area (Å²) in [4.78, 5) is 8.90. The van der Waals surface area contributed by atoms with Crippen molar-refractivity contribution in [2.75, 3.05) is 37.5 Å². The van der Waals surface area contributed by atoms with Gasteiger partial charge in [-0.25, -0.2) is 5.43 Å². The Morgan fingerprint density at radius 1 is 0.667 bits per heavy atom. The van der Waals surface area contributed by atoms with Crippen LogP contribution in [0.25, 0.3) is 0 Å². The highest BCUT2D eigenvalue weighted by atomic mass is 16.5. The average Bonchev–Trinajstić information content (AvgIpc) is 2.94. The number of aromatic nitrogens is 2. The van der Waals surface area contributed by atoms with Gasteiger partial charge in [-0.3, -0.25) is 5.43 Å². The van der Waals surface area contributed by atoms with Crippen LogP contribution in [0, 0.1) is 0 Å². The number of nitrogens with one attached hydrogen (secondary N) is 3. The topological polar surface area (TPSA) is 155 Å². The molecule has 200 valence electrons. The molecular formula is C27H27N7O5. The van der Waals surface area contributed by atoms with E-state index in [1.165, 1.54) is 50.9 Å². The standard InChI is InChI=1S/C27H27N7O5/c1-37-22-7-5-4-6-21(22)30-25-14-26(33-28-15-17-8-10-19(35)12-23(17)38-2)32-27(31-25)34-29-16-18-9-11-20(36)13-24(18)39-3/h4-16,35-36H,1-3H3,(H3,30,31,32,33,34). The number of rotatable bonds is 11. The van der Waals surface area contributed by atoms with Gasteiger partial charge in [0.25, 0.3) is 0 Å². The molecule has 12 heteroatoms. The van der Waals surface area contributed by atoms with Gasteiger partial charge in [0.15, 0.2) is 5.82 Å². The average molecular weight is 530 g/mol. The lowest BCUT2D eigenvalue weighted by Gasteiger charge is -2.12. The maximum atomic E-state index is 9.67. The minimum absolute atomic E-state index is 0.0802. The minimum atomic E-state index is 0.0802. The monoisotopic (exact) mass is 529 g/mol. The van der Waals surface area contributed by atoms with Crippen molar-refractivity contribution >= 4 is 35.7 Å². The molecule has 0 amide bonds. The van der Waals surface area contributed by atoms with E-state index in [4.69, 9.17) is 14.2 Å². The van der Waals surface area contributed by atoms with Gasteiger partial charge in [0, 0.05) is 29.3 Å². The van der Waals surface area contributed by atoms with Gasteiger partial charge >= 0.3 is 0 Å². The zero-order valence-corrected chi connectivity index (χ0v) is 21.4. The van der Waals surface area contributed by atoms with E-state index in [2.05, 4.69) is 36.3 Å². The predicted octanol–water partition coefficient (Wildman–Crippen LogP) is 4.55. The van der Waals surface area contributed by atoms with Crippen LogP contribution in [0.3, 0.4) is 0 Å². The largest absolute Gasteiger partial charge is 0.508 e. The summed E-state index contributed by atoms with van der Waals surface area (Å²) in [5, 5.41) is 31.0. The summed E-state index contributed by atoms with van der Waals surface area (Å²) in [6.07, 6.45) is 3.06. The van der Waals surface area contributed by atoms with Gasteiger partial charge in [-0.1, -0.05) is 12.1 Å². The molecule has 1 aromatic heterocycles. The Balaban J connectivity index is 1.59. The van der Waals surface area contributed by atoms with Crippen LogP contribution in [0.2, 0.25) is 0 Å². The van der Waals surface area contributed by atoms with Crippen molar-refractivity contribution in [3.8, 4) is 28.7 Å². The van der Waals surface area contributed by atoms with Crippen LogP contribution in [0.5, 0.6) is 28.7 Å². The fourth-order valence-corrected chi connectivity index (χ4v) is 3.44. The lowest BCUT2D eigenvalue weighted by molar-refractivity contribution is 0.407. The molecule has 39 heavy (non-hydrogen) atoms. The first-order valence-corrected chi connectivity index (χ1v) is 11.6. The molecule has 0 saturated carbocycles. The molecule has 0 aliphatic heterocycles. The van der Waals surface area contributed by atoms with E-state index >= 15 is 0 Å². The number of phenolic OH excluding ortho intramolecular Hbond substituents is 2. The Labute approximate surface area is 224 Å². The number of ether oxygens (including phenoxy) is 3. The molecule has 0 aliphatic carbocycles. The Kier molecular flexibility index (Phi) is 8.60. The third-order valence-corrected chi connectivity index (χ3v) is 5.28. The highest BCUT2D eigenvalue weighted by Gasteiger charge is 2.09. The quantitative estimate of drug-likeness (QED) is 0.138.